The summed E-state index contributed by atoms with van der Waals surface area (Å²) in [6.07, 6.45) is 10.8. The molecule has 0 unspecified atom stereocenters. The van der Waals surface area contributed by atoms with Crippen LogP contribution in [0.2, 0.25) is 0 Å². The molecule has 4 nitrogen and oxygen atoms in total. The Morgan fingerprint density at radius 2 is 1.94 bits per heavy atom. The van der Waals surface area contributed by atoms with Gasteiger partial charge in [-0.3, -0.25) is 9.78 Å². The first-order valence-electron chi connectivity index (χ1n) is 11.0. The normalized spacial score (nSPS) is 22.8. The van der Waals surface area contributed by atoms with Crippen LogP contribution in [0.15, 0.2) is 41.5 Å². The van der Waals surface area contributed by atoms with Crippen LogP contribution in [0.1, 0.15) is 68.0 Å². The number of fused-ring (bicyclic) bond motifs is 1. The van der Waals surface area contributed by atoms with E-state index in [9.17, 15) is 13.6 Å². The molecule has 2 aliphatic rings. The Morgan fingerprint density at radius 3 is 2.71 bits per heavy atom. The number of ether oxygens (including phenoxy) is 1. The van der Waals surface area contributed by atoms with Gasteiger partial charge in [0.1, 0.15) is 0 Å². The Labute approximate surface area is 179 Å². The molecule has 162 valence electrons. The Bertz CT molecular complexity index is 1180. The first kappa shape index (κ1) is 20.2. The zero-order chi connectivity index (χ0) is 21.6. The van der Waals surface area contributed by atoms with Gasteiger partial charge in [-0.05, 0) is 55.6 Å². The van der Waals surface area contributed by atoms with Gasteiger partial charge in [0.25, 0.3) is 0 Å². The Kier molecular flexibility index (Phi) is 5.03. The molecule has 2 heterocycles. The molecule has 0 radical (unpaired) electrons. The smallest absolute Gasteiger partial charge is 0.200 e. The molecule has 1 spiro atoms. The van der Waals surface area contributed by atoms with E-state index >= 15 is 0 Å². The van der Waals surface area contributed by atoms with Crippen LogP contribution >= 0.6 is 0 Å². The number of pyridine rings is 2. The molecule has 0 aliphatic heterocycles. The average Bonchev–Trinajstić information content (AvgIpc) is 3.23. The summed E-state index contributed by atoms with van der Waals surface area (Å²) in [4.78, 5) is 20.2. The van der Waals surface area contributed by atoms with Gasteiger partial charge in [-0.25, -0.2) is 4.39 Å². The SMILES string of the molecule is COc1c([C@H]2CC3(CCCC3)CC[C@@H]2c2cc(=O)c3cnccc3[nH]2)ccc(F)c1F. The molecular weight excluding hydrogens is 398 g/mol. The molecule has 2 atom stereocenters. The van der Waals surface area contributed by atoms with Gasteiger partial charge < -0.3 is 9.72 Å². The topological polar surface area (TPSA) is 55.0 Å². The molecule has 2 aromatic heterocycles. The summed E-state index contributed by atoms with van der Waals surface area (Å²) < 4.78 is 33.9. The lowest BCUT2D eigenvalue weighted by molar-refractivity contribution is 0.155. The number of rotatable bonds is 3. The molecule has 1 aromatic carbocycles. The monoisotopic (exact) mass is 424 g/mol. The molecule has 2 fully saturated rings. The van der Waals surface area contributed by atoms with E-state index in [2.05, 4.69) is 9.97 Å². The van der Waals surface area contributed by atoms with E-state index in [0.29, 0.717) is 10.9 Å². The van der Waals surface area contributed by atoms with E-state index in [1.807, 2.05) is 0 Å². The highest BCUT2D eigenvalue weighted by molar-refractivity contribution is 5.77. The van der Waals surface area contributed by atoms with Gasteiger partial charge in [-0.15, -0.1) is 0 Å². The van der Waals surface area contributed by atoms with Crippen molar-refractivity contribution in [2.24, 2.45) is 5.41 Å². The summed E-state index contributed by atoms with van der Waals surface area (Å²) in [5.41, 5.74) is 2.43. The maximum Gasteiger partial charge on any atom is 0.200 e. The molecule has 0 saturated heterocycles. The second kappa shape index (κ2) is 7.74. The molecule has 0 bridgehead atoms. The maximum absolute atomic E-state index is 14.6. The number of aromatic nitrogens is 2. The van der Waals surface area contributed by atoms with E-state index in [1.54, 1.807) is 30.6 Å². The molecule has 1 N–H and O–H groups in total. The van der Waals surface area contributed by atoms with E-state index in [1.165, 1.54) is 38.9 Å². The summed E-state index contributed by atoms with van der Waals surface area (Å²) in [5.74, 6) is -1.93. The van der Waals surface area contributed by atoms with Crippen LogP contribution in [0.3, 0.4) is 0 Å². The predicted molar refractivity (Wildman–Crippen MR) is 116 cm³/mol. The molecule has 6 heteroatoms. The standard InChI is InChI=1S/C25H26F2N2O2/c1-31-24-16(4-5-19(26)23(24)27)17-13-25(8-2-3-9-25)10-6-15(17)21-12-22(30)18-14-28-11-7-20(18)29-21/h4-5,7,11-12,14-15,17H,2-3,6,8-10,13H2,1H3,(H,29,30)/t15-,17-/m0/s1. The first-order valence-corrected chi connectivity index (χ1v) is 11.0. The van der Waals surface area contributed by atoms with Crippen molar-refractivity contribution in [2.75, 3.05) is 7.11 Å². The number of H-pyrrole nitrogens is 1. The Balaban J connectivity index is 1.64. The molecular formula is C25H26F2N2O2. The average molecular weight is 424 g/mol. The third-order valence-corrected chi connectivity index (χ3v) is 7.52. The predicted octanol–water partition coefficient (Wildman–Crippen LogP) is 5.82. The van der Waals surface area contributed by atoms with Gasteiger partial charge in [-0.2, -0.15) is 4.39 Å². The highest BCUT2D eigenvalue weighted by Gasteiger charge is 2.44. The van der Waals surface area contributed by atoms with E-state index < -0.39 is 11.6 Å². The fourth-order valence-electron chi connectivity index (χ4n) is 6.01. The minimum atomic E-state index is -0.942. The van der Waals surface area contributed by atoms with Crippen LogP contribution < -0.4 is 10.2 Å². The third kappa shape index (κ3) is 3.42. The quantitative estimate of drug-likeness (QED) is 0.576. The zero-order valence-electron chi connectivity index (χ0n) is 17.6. The lowest BCUT2D eigenvalue weighted by Crippen LogP contribution is -2.31. The number of benzene rings is 1. The number of hydrogen-bond acceptors (Lipinski definition) is 3. The van der Waals surface area contributed by atoms with Crippen molar-refractivity contribution in [1.29, 1.82) is 0 Å². The molecule has 31 heavy (non-hydrogen) atoms. The van der Waals surface area contributed by atoms with E-state index in [-0.39, 0.29) is 28.4 Å². The number of hydrogen-bond donors (Lipinski definition) is 1. The highest BCUT2D eigenvalue weighted by Crippen LogP contribution is 2.58. The number of nitrogens with zero attached hydrogens (tertiary/aromatic N) is 1. The zero-order valence-corrected chi connectivity index (χ0v) is 17.6. The van der Waals surface area contributed by atoms with Crippen LogP contribution in [0.4, 0.5) is 8.78 Å². The van der Waals surface area contributed by atoms with Crippen LogP contribution in [-0.4, -0.2) is 17.1 Å². The molecule has 0 amide bonds. The second-order valence-corrected chi connectivity index (χ2v) is 9.16. The lowest BCUT2D eigenvalue weighted by Gasteiger charge is -2.43. The van der Waals surface area contributed by atoms with Crippen molar-refractivity contribution in [3.63, 3.8) is 0 Å². The number of halogens is 2. The van der Waals surface area contributed by atoms with E-state index in [4.69, 9.17) is 4.74 Å². The van der Waals surface area contributed by atoms with Gasteiger partial charge in [0.2, 0.25) is 5.82 Å². The maximum atomic E-state index is 14.6. The van der Waals surface area contributed by atoms with Crippen molar-refractivity contribution in [1.82, 2.24) is 9.97 Å². The summed E-state index contributed by atoms with van der Waals surface area (Å²) in [6.45, 7) is 0. The van der Waals surface area contributed by atoms with Gasteiger partial charge in [0.05, 0.1) is 18.0 Å². The van der Waals surface area contributed by atoms with Crippen LogP contribution in [0, 0.1) is 17.0 Å². The lowest BCUT2D eigenvalue weighted by atomic mass is 9.61. The largest absolute Gasteiger partial charge is 0.493 e. The summed E-state index contributed by atoms with van der Waals surface area (Å²) in [7, 11) is 1.38. The fraction of sp³-hybridized carbons (Fsp3) is 0.440. The van der Waals surface area contributed by atoms with Crippen LogP contribution in [0.25, 0.3) is 10.9 Å². The Morgan fingerprint density at radius 1 is 1.13 bits per heavy atom. The van der Waals surface area contributed by atoms with Gasteiger partial charge in [0, 0.05) is 35.6 Å². The second-order valence-electron chi connectivity index (χ2n) is 9.16. The molecule has 3 aromatic rings. The fourth-order valence-corrected chi connectivity index (χ4v) is 6.01. The van der Waals surface area contributed by atoms with Gasteiger partial charge in [0.15, 0.2) is 17.0 Å². The number of methoxy groups -OCH3 is 1. The van der Waals surface area contributed by atoms with Crippen molar-refractivity contribution < 1.29 is 13.5 Å². The summed E-state index contributed by atoms with van der Waals surface area (Å²) >= 11 is 0. The van der Waals surface area contributed by atoms with Crippen molar-refractivity contribution >= 4 is 10.9 Å². The van der Waals surface area contributed by atoms with Gasteiger partial charge in [-0.1, -0.05) is 18.9 Å². The van der Waals surface area contributed by atoms with Gasteiger partial charge >= 0.3 is 0 Å². The van der Waals surface area contributed by atoms with Crippen LogP contribution in [-0.2, 0) is 0 Å². The van der Waals surface area contributed by atoms with Crippen molar-refractivity contribution in [2.45, 2.75) is 56.8 Å². The highest BCUT2D eigenvalue weighted by atomic mass is 19.2. The summed E-state index contributed by atoms with van der Waals surface area (Å²) in [6, 6.07) is 6.30. The number of nitrogens with one attached hydrogen (secondary N) is 1. The Hall–Kier alpha value is -2.76. The van der Waals surface area contributed by atoms with Crippen molar-refractivity contribution in [3.8, 4) is 5.75 Å². The third-order valence-electron chi connectivity index (χ3n) is 7.52. The molecule has 2 saturated carbocycles. The minimum Gasteiger partial charge on any atom is -0.493 e. The minimum absolute atomic E-state index is 0.00440. The summed E-state index contributed by atoms with van der Waals surface area (Å²) in [5, 5.41) is 0.552. The first-order chi connectivity index (χ1) is 15.0. The molecule has 5 rings (SSSR count). The van der Waals surface area contributed by atoms with E-state index in [0.717, 1.165) is 30.5 Å². The number of aromatic amines is 1. The van der Waals surface area contributed by atoms with Crippen molar-refractivity contribution in [3.05, 3.63) is 69.8 Å². The molecule has 2 aliphatic carbocycles. The van der Waals surface area contributed by atoms with Crippen LogP contribution in [0.5, 0.6) is 5.75 Å².